The Bertz CT molecular complexity index is 269. The fraction of sp³-hybridized carbons (Fsp3) is 0.444. The summed E-state index contributed by atoms with van der Waals surface area (Å²) in [7, 11) is 0. The number of carboxylic acid groups (broad SMARTS) is 1. The van der Waals surface area contributed by atoms with Gasteiger partial charge in [-0.3, -0.25) is 4.79 Å². The van der Waals surface area contributed by atoms with Crippen LogP contribution in [0.4, 0.5) is 0 Å². The molecule has 3 heteroatoms. The van der Waals surface area contributed by atoms with Crippen molar-refractivity contribution in [2.75, 3.05) is 0 Å². The Morgan fingerprint density at radius 1 is 1.42 bits per heavy atom. The maximum Gasteiger partial charge on any atom is 0.305 e. The highest BCUT2D eigenvalue weighted by atomic mass is 16.4. The van der Waals surface area contributed by atoms with Crippen molar-refractivity contribution in [1.29, 1.82) is 0 Å². The van der Waals surface area contributed by atoms with Gasteiger partial charge in [-0.2, -0.15) is 0 Å². The lowest BCUT2D eigenvalue weighted by Gasteiger charge is -2.06. The number of hydrogen-bond donors (Lipinski definition) is 1. The van der Waals surface area contributed by atoms with Gasteiger partial charge >= 0.3 is 5.97 Å². The average Bonchev–Trinajstić information content (AvgIpc) is 2.28. The number of aryl methyl sites for hydroxylation is 2. The van der Waals surface area contributed by atoms with E-state index >= 15 is 0 Å². The SMILES string of the molecule is Cc1ccc(C)n1CCC(=O)O. The molecule has 0 aliphatic heterocycles. The second kappa shape index (κ2) is 3.43. The average molecular weight is 167 g/mol. The first kappa shape index (κ1) is 8.84. The second-order valence-corrected chi connectivity index (χ2v) is 2.91. The van der Waals surface area contributed by atoms with Gasteiger partial charge in [-0.05, 0) is 26.0 Å². The highest BCUT2D eigenvalue weighted by Crippen LogP contribution is 2.07. The molecule has 0 radical (unpaired) electrons. The van der Waals surface area contributed by atoms with E-state index in [0.29, 0.717) is 6.54 Å². The molecule has 3 nitrogen and oxygen atoms in total. The largest absolute Gasteiger partial charge is 0.481 e. The maximum atomic E-state index is 10.3. The Labute approximate surface area is 71.6 Å². The third-order valence-corrected chi connectivity index (χ3v) is 1.97. The molecular weight excluding hydrogens is 154 g/mol. The summed E-state index contributed by atoms with van der Waals surface area (Å²) in [5.74, 6) is -0.748. The summed E-state index contributed by atoms with van der Waals surface area (Å²) >= 11 is 0. The number of aliphatic carboxylic acids is 1. The van der Waals surface area contributed by atoms with Crippen LogP contribution >= 0.6 is 0 Å². The monoisotopic (exact) mass is 167 g/mol. The van der Waals surface area contributed by atoms with Crippen molar-refractivity contribution in [3.05, 3.63) is 23.5 Å². The Kier molecular flexibility index (Phi) is 2.53. The highest BCUT2D eigenvalue weighted by Gasteiger charge is 2.02. The van der Waals surface area contributed by atoms with Gasteiger partial charge in [0.2, 0.25) is 0 Å². The standard InChI is InChI=1S/C9H13NO2/c1-7-3-4-8(2)10(7)6-5-9(11)12/h3-4H,5-6H2,1-2H3,(H,11,12). The molecule has 1 rings (SSSR count). The molecule has 0 unspecified atom stereocenters. The van der Waals surface area contributed by atoms with Gasteiger partial charge in [-0.25, -0.2) is 0 Å². The van der Waals surface area contributed by atoms with Gasteiger partial charge in [-0.1, -0.05) is 0 Å². The molecule has 0 aliphatic carbocycles. The van der Waals surface area contributed by atoms with E-state index in [1.165, 1.54) is 0 Å². The molecule has 1 N–H and O–H groups in total. The van der Waals surface area contributed by atoms with Crippen molar-refractivity contribution < 1.29 is 9.90 Å². The van der Waals surface area contributed by atoms with Crippen LogP contribution in [0.5, 0.6) is 0 Å². The summed E-state index contributed by atoms with van der Waals surface area (Å²) in [6.45, 7) is 4.53. The van der Waals surface area contributed by atoms with Gasteiger partial charge < -0.3 is 9.67 Å². The zero-order chi connectivity index (χ0) is 9.14. The third-order valence-electron chi connectivity index (χ3n) is 1.97. The van der Waals surface area contributed by atoms with E-state index in [2.05, 4.69) is 0 Å². The summed E-state index contributed by atoms with van der Waals surface area (Å²) < 4.78 is 2.01. The molecule has 0 bridgehead atoms. The van der Waals surface area contributed by atoms with Crippen LogP contribution in [0.3, 0.4) is 0 Å². The van der Waals surface area contributed by atoms with Crippen molar-refractivity contribution in [1.82, 2.24) is 4.57 Å². The first-order valence-electron chi connectivity index (χ1n) is 3.96. The molecule has 0 saturated heterocycles. The summed E-state index contributed by atoms with van der Waals surface area (Å²) in [4.78, 5) is 10.3. The molecule has 12 heavy (non-hydrogen) atoms. The van der Waals surface area contributed by atoms with Gasteiger partial charge in [0, 0.05) is 17.9 Å². The predicted molar refractivity (Wildman–Crippen MR) is 46.2 cm³/mol. The molecule has 1 heterocycles. The smallest absolute Gasteiger partial charge is 0.305 e. The molecule has 66 valence electrons. The number of aromatic nitrogens is 1. The quantitative estimate of drug-likeness (QED) is 0.742. The molecule has 0 amide bonds. The maximum absolute atomic E-state index is 10.3. The van der Waals surface area contributed by atoms with Gasteiger partial charge in [-0.15, -0.1) is 0 Å². The van der Waals surface area contributed by atoms with Crippen LogP contribution in [0.2, 0.25) is 0 Å². The van der Waals surface area contributed by atoms with Gasteiger partial charge in [0.05, 0.1) is 6.42 Å². The van der Waals surface area contributed by atoms with E-state index in [0.717, 1.165) is 11.4 Å². The first-order chi connectivity index (χ1) is 5.61. The summed E-state index contributed by atoms with van der Waals surface area (Å²) in [6, 6.07) is 3.99. The Hall–Kier alpha value is -1.25. The van der Waals surface area contributed by atoms with Crippen molar-refractivity contribution in [2.24, 2.45) is 0 Å². The van der Waals surface area contributed by atoms with Crippen LogP contribution < -0.4 is 0 Å². The van der Waals surface area contributed by atoms with E-state index in [9.17, 15) is 4.79 Å². The molecule has 0 fully saturated rings. The van der Waals surface area contributed by atoms with Crippen LogP contribution in [0.25, 0.3) is 0 Å². The number of nitrogens with zero attached hydrogens (tertiary/aromatic N) is 1. The van der Waals surface area contributed by atoms with Crippen molar-refractivity contribution in [2.45, 2.75) is 26.8 Å². The van der Waals surface area contributed by atoms with Gasteiger partial charge in [0.1, 0.15) is 0 Å². The Balaban J connectivity index is 2.68. The minimum atomic E-state index is -0.748. The van der Waals surface area contributed by atoms with E-state index in [1.54, 1.807) is 0 Å². The molecule has 0 saturated carbocycles. The lowest BCUT2D eigenvalue weighted by Crippen LogP contribution is -2.06. The fourth-order valence-corrected chi connectivity index (χ4v) is 1.26. The van der Waals surface area contributed by atoms with Gasteiger partial charge in [0.15, 0.2) is 0 Å². The Morgan fingerprint density at radius 2 is 1.92 bits per heavy atom. The number of hydrogen-bond acceptors (Lipinski definition) is 1. The van der Waals surface area contributed by atoms with E-state index in [4.69, 9.17) is 5.11 Å². The van der Waals surface area contributed by atoms with Crippen molar-refractivity contribution in [3.63, 3.8) is 0 Å². The van der Waals surface area contributed by atoms with E-state index < -0.39 is 5.97 Å². The minimum absolute atomic E-state index is 0.191. The summed E-state index contributed by atoms with van der Waals surface area (Å²) in [5.41, 5.74) is 2.24. The predicted octanol–water partition coefficient (Wildman–Crippen LogP) is 1.58. The first-order valence-corrected chi connectivity index (χ1v) is 3.96. The van der Waals surface area contributed by atoms with Crippen LogP contribution in [-0.2, 0) is 11.3 Å². The molecule has 0 atom stereocenters. The Morgan fingerprint density at radius 3 is 2.33 bits per heavy atom. The van der Waals surface area contributed by atoms with Crippen molar-refractivity contribution >= 4 is 5.97 Å². The minimum Gasteiger partial charge on any atom is -0.481 e. The molecule has 1 aromatic heterocycles. The molecule has 1 aromatic rings. The molecule has 0 aliphatic rings. The molecule has 0 spiro atoms. The zero-order valence-corrected chi connectivity index (χ0v) is 7.37. The van der Waals surface area contributed by atoms with Gasteiger partial charge in [0.25, 0.3) is 0 Å². The third kappa shape index (κ3) is 1.87. The number of rotatable bonds is 3. The molecule has 0 aromatic carbocycles. The zero-order valence-electron chi connectivity index (χ0n) is 7.37. The van der Waals surface area contributed by atoms with E-state index in [-0.39, 0.29) is 6.42 Å². The highest BCUT2D eigenvalue weighted by molar-refractivity contribution is 5.66. The topological polar surface area (TPSA) is 42.2 Å². The normalized spacial score (nSPS) is 10.2. The van der Waals surface area contributed by atoms with Crippen LogP contribution in [0.1, 0.15) is 17.8 Å². The lowest BCUT2D eigenvalue weighted by atomic mass is 10.4. The number of carboxylic acids is 1. The number of carbonyl (C=O) groups is 1. The van der Waals surface area contributed by atoms with Crippen LogP contribution in [0, 0.1) is 13.8 Å². The van der Waals surface area contributed by atoms with Crippen LogP contribution in [-0.4, -0.2) is 15.6 Å². The van der Waals surface area contributed by atoms with Crippen molar-refractivity contribution in [3.8, 4) is 0 Å². The summed E-state index contributed by atoms with van der Waals surface area (Å²) in [5, 5.41) is 8.48. The lowest BCUT2D eigenvalue weighted by molar-refractivity contribution is -0.137. The second-order valence-electron chi connectivity index (χ2n) is 2.91. The van der Waals surface area contributed by atoms with Crippen LogP contribution in [0.15, 0.2) is 12.1 Å². The molecular formula is C9H13NO2. The summed E-state index contributed by atoms with van der Waals surface area (Å²) in [6.07, 6.45) is 0.191. The fourth-order valence-electron chi connectivity index (χ4n) is 1.26. The van der Waals surface area contributed by atoms with E-state index in [1.807, 2.05) is 30.5 Å².